The van der Waals surface area contributed by atoms with Crippen molar-refractivity contribution in [2.45, 2.75) is 25.8 Å². The van der Waals surface area contributed by atoms with Gasteiger partial charge in [0.25, 0.3) is 0 Å². The minimum atomic E-state index is -0.415. The Morgan fingerprint density at radius 2 is 2.53 bits per heavy atom. The van der Waals surface area contributed by atoms with Crippen LogP contribution in [-0.4, -0.2) is 36.8 Å². The van der Waals surface area contributed by atoms with Crippen molar-refractivity contribution < 1.29 is 14.3 Å². The van der Waals surface area contributed by atoms with Crippen molar-refractivity contribution in [1.82, 2.24) is 4.98 Å². The molecule has 1 aliphatic rings. The van der Waals surface area contributed by atoms with Gasteiger partial charge in [0.2, 0.25) is 0 Å². The van der Waals surface area contributed by atoms with E-state index in [1.807, 2.05) is 0 Å². The molecule has 0 aliphatic carbocycles. The summed E-state index contributed by atoms with van der Waals surface area (Å²) in [6.45, 7) is 3.49. The van der Waals surface area contributed by atoms with Crippen molar-refractivity contribution >= 4 is 17.5 Å². The second-order valence-electron chi connectivity index (χ2n) is 4.44. The van der Waals surface area contributed by atoms with Gasteiger partial charge in [-0.05, 0) is 25.8 Å². The molecule has 1 aromatic rings. The van der Waals surface area contributed by atoms with Gasteiger partial charge < -0.3 is 20.5 Å². The number of hydrogen-bond acceptors (Lipinski definition) is 6. The van der Waals surface area contributed by atoms with Crippen LogP contribution in [0.2, 0.25) is 0 Å². The molecule has 2 heterocycles. The van der Waals surface area contributed by atoms with Crippen LogP contribution >= 0.6 is 0 Å². The van der Waals surface area contributed by atoms with Gasteiger partial charge in [-0.3, -0.25) is 0 Å². The van der Waals surface area contributed by atoms with Crippen LogP contribution in [0.25, 0.3) is 0 Å². The smallest absolute Gasteiger partial charge is 0.341 e. The van der Waals surface area contributed by atoms with Gasteiger partial charge >= 0.3 is 5.97 Å². The summed E-state index contributed by atoms with van der Waals surface area (Å²) in [5, 5.41) is 3.22. The maximum absolute atomic E-state index is 11.9. The Labute approximate surface area is 112 Å². The molecule has 1 saturated heterocycles. The lowest BCUT2D eigenvalue weighted by molar-refractivity contribution is 0.0526. The number of anilines is 2. The van der Waals surface area contributed by atoms with E-state index in [0.717, 1.165) is 19.4 Å². The van der Waals surface area contributed by atoms with E-state index in [1.165, 1.54) is 6.20 Å². The first kappa shape index (κ1) is 13.6. The van der Waals surface area contributed by atoms with Crippen molar-refractivity contribution in [1.29, 1.82) is 0 Å². The van der Waals surface area contributed by atoms with E-state index in [9.17, 15) is 4.79 Å². The molecule has 0 spiro atoms. The number of rotatable bonds is 4. The van der Waals surface area contributed by atoms with E-state index in [0.29, 0.717) is 30.3 Å². The first-order valence-electron chi connectivity index (χ1n) is 6.47. The van der Waals surface area contributed by atoms with Gasteiger partial charge in [-0.1, -0.05) is 0 Å². The molecule has 0 saturated carbocycles. The minimum Gasteiger partial charge on any atom is -0.462 e. The Morgan fingerprint density at radius 3 is 3.21 bits per heavy atom. The molecular weight excluding hydrogens is 246 g/mol. The van der Waals surface area contributed by atoms with Crippen LogP contribution in [0, 0.1) is 0 Å². The number of nitrogens with one attached hydrogen (secondary N) is 1. The molecule has 1 atom stereocenters. The van der Waals surface area contributed by atoms with Crippen molar-refractivity contribution in [3.8, 4) is 0 Å². The van der Waals surface area contributed by atoms with E-state index in [-0.39, 0.29) is 6.04 Å². The number of esters is 1. The predicted molar refractivity (Wildman–Crippen MR) is 72.1 cm³/mol. The third kappa shape index (κ3) is 3.57. The van der Waals surface area contributed by atoms with E-state index >= 15 is 0 Å². The summed E-state index contributed by atoms with van der Waals surface area (Å²) in [5.74, 6) is 0.0877. The molecule has 2 rings (SSSR count). The summed E-state index contributed by atoms with van der Waals surface area (Å²) in [6.07, 6.45) is 3.52. The third-order valence-corrected chi connectivity index (χ3v) is 2.91. The molecule has 1 aliphatic heterocycles. The number of aromatic nitrogens is 1. The Kier molecular flexibility index (Phi) is 4.57. The number of hydrogen-bond donors (Lipinski definition) is 2. The fourth-order valence-corrected chi connectivity index (χ4v) is 2.01. The van der Waals surface area contributed by atoms with Gasteiger partial charge in [-0.15, -0.1) is 0 Å². The zero-order chi connectivity index (χ0) is 13.7. The summed E-state index contributed by atoms with van der Waals surface area (Å²) in [7, 11) is 0. The van der Waals surface area contributed by atoms with Crippen LogP contribution < -0.4 is 11.1 Å². The summed E-state index contributed by atoms with van der Waals surface area (Å²) in [4.78, 5) is 16.1. The number of carbonyl (C=O) groups is 1. The predicted octanol–water partition coefficient (Wildman–Crippen LogP) is 1.43. The second kappa shape index (κ2) is 6.38. The maximum Gasteiger partial charge on any atom is 0.341 e. The van der Waals surface area contributed by atoms with Gasteiger partial charge in [-0.2, -0.15) is 0 Å². The quantitative estimate of drug-likeness (QED) is 0.801. The minimum absolute atomic E-state index is 0.165. The van der Waals surface area contributed by atoms with Crippen molar-refractivity contribution in [3.05, 3.63) is 17.8 Å². The van der Waals surface area contributed by atoms with Crippen LogP contribution in [0.15, 0.2) is 12.3 Å². The van der Waals surface area contributed by atoms with E-state index < -0.39 is 5.97 Å². The number of nitrogen functional groups attached to an aromatic ring is 1. The zero-order valence-electron chi connectivity index (χ0n) is 11.0. The zero-order valence-corrected chi connectivity index (χ0v) is 11.0. The Bertz CT molecular complexity index is 445. The van der Waals surface area contributed by atoms with Crippen molar-refractivity contribution in [3.63, 3.8) is 0 Å². The molecule has 0 aromatic carbocycles. The standard InChI is InChI=1S/C13H19N3O3/c1-2-19-13(17)11-6-9(14)7-15-12(11)16-10-4-3-5-18-8-10/h6-7,10H,2-5,8,14H2,1H3,(H,15,16). The van der Waals surface area contributed by atoms with Gasteiger partial charge in [0.05, 0.1) is 31.1 Å². The first-order valence-corrected chi connectivity index (χ1v) is 6.47. The second-order valence-corrected chi connectivity index (χ2v) is 4.44. The highest BCUT2D eigenvalue weighted by atomic mass is 16.5. The van der Waals surface area contributed by atoms with Crippen LogP contribution in [0.4, 0.5) is 11.5 Å². The van der Waals surface area contributed by atoms with Crippen LogP contribution in [0.1, 0.15) is 30.1 Å². The summed E-state index contributed by atoms with van der Waals surface area (Å²) in [5.41, 5.74) is 6.48. The van der Waals surface area contributed by atoms with E-state index in [2.05, 4.69) is 10.3 Å². The van der Waals surface area contributed by atoms with Crippen LogP contribution in [-0.2, 0) is 9.47 Å². The number of ether oxygens (including phenoxy) is 2. The van der Waals surface area contributed by atoms with Gasteiger partial charge in [0.15, 0.2) is 0 Å². The van der Waals surface area contributed by atoms with Gasteiger partial charge in [0, 0.05) is 6.61 Å². The molecule has 3 N–H and O–H groups in total. The molecule has 0 amide bonds. The highest BCUT2D eigenvalue weighted by Gasteiger charge is 2.19. The molecule has 1 unspecified atom stereocenters. The van der Waals surface area contributed by atoms with Crippen molar-refractivity contribution in [2.75, 3.05) is 30.9 Å². The molecule has 0 bridgehead atoms. The average Bonchev–Trinajstić information content (AvgIpc) is 2.42. The summed E-state index contributed by atoms with van der Waals surface area (Å²) < 4.78 is 10.4. The molecule has 0 radical (unpaired) electrons. The highest BCUT2D eigenvalue weighted by Crippen LogP contribution is 2.20. The molecule has 6 heteroatoms. The Hall–Kier alpha value is -1.82. The Morgan fingerprint density at radius 1 is 1.68 bits per heavy atom. The first-order chi connectivity index (χ1) is 9.20. The van der Waals surface area contributed by atoms with Crippen LogP contribution in [0.3, 0.4) is 0 Å². The van der Waals surface area contributed by atoms with Crippen LogP contribution in [0.5, 0.6) is 0 Å². The number of nitrogens with two attached hydrogens (primary N) is 1. The normalized spacial score (nSPS) is 18.9. The molecule has 104 valence electrons. The fraction of sp³-hybridized carbons (Fsp3) is 0.538. The SMILES string of the molecule is CCOC(=O)c1cc(N)cnc1NC1CCCOC1. The fourth-order valence-electron chi connectivity index (χ4n) is 2.01. The summed E-state index contributed by atoms with van der Waals surface area (Å²) >= 11 is 0. The maximum atomic E-state index is 11.9. The molecule has 19 heavy (non-hydrogen) atoms. The molecule has 6 nitrogen and oxygen atoms in total. The number of carbonyl (C=O) groups excluding carboxylic acids is 1. The summed E-state index contributed by atoms with van der Waals surface area (Å²) in [6, 6.07) is 1.75. The number of pyridine rings is 1. The molecule has 1 fully saturated rings. The van der Waals surface area contributed by atoms with Gasteiger partial charge in [-0.25, -0.2) is 9.78 Å². The monoisotopic (exact) mass is 265 g/mol. The van der Waals surface area contributed by atoms with Gasteiger partial charge in [0.1, 0.15) is 11.4 Å². The largest absolute Gasteiger partial charge is 0.462 e. The van der Waals surface area contributed by atoms with E-state index in [1.54, 1.807) is 13.0 Å². The Balaban J connectivity index is 2.15. The number of nitrogens with zero attached hydrogens (tertiary/aromatic N) is 1. The van der Waals surface area contributed by atoms with Crippen molar-refractivity contribution in [2.24, 2.45) is 0 Å². The lowest BCUT2D eigenvalue weighted by atomic mass is 10.1. The topological polar surface area (TPSA) is 86.5 Å². The molecular formula is C13H19N3O3. The van der Waals surface area contributed by atoms with E-state index in [4.69, 9.17) is 15.2 Å². The average molecular weight is 265 g/mol. The highest BCUT2D eigenvalue weighted by molar-refractivity contribution is 5.95. The molecule has 1 aromatic heterocycles. The lowest BCUT2D eigenvalue weighted by Gasteiger charge is -2.24. The third-order valence-electron chi connectivity index (χ3n) is 2.91. The lowest BCUT2D eigenvalue weighted by Crippen LogP contribution is -2.31.